The minimum Gasteiger partial charge on any atom is -0.449 e. The fourth-order valence-corrected chi connectivity index (χ4v) is 4.44. The number of ether oxygens (including phenoxy) is 1. The summed E-state index contributed by atoms with van der Waals surface area (Å²) in [5, 5.41) is 0.0334. The lowest BCUT2D eigenvalue weighted by Crippen LogP contribution is -2.35. The van der Waals surface area contributed by atoms with Gasteiger partial charge in [-0.05, 0) is 31.9 Å². The molecule has 1 amide bonds. The summed E-state index contributed by atoms with van der Waals surface area (Å²) in [5.74, 6) is -1.26. The molecule has 1 atom stereocenters. The molecule has 0 aromatic heterocycles. The number of fused-ring (bicyclic) bond motifs is 3. The van der Waals surface area contributed by atoms with Crippen LogP contribution >= 0.6 is 11.6 Å². The Kier molecular flexibility index (Phi) is 4.94. The van der Waals surface area contributed by atoms with E-state index in [9.17, 15) is 18.0 Å². The second-order valence-electron chi connectivity index (χ2n) is 6.19. The molecule has 0 saturated carbocycles. The molecule has 0 radical (unpaired) electrons. The lowest BCUT2D eigenvalue weighted by molar-refractivity contribution is -0.125. The summed E-state index contributed by atoms with van der Waals surface area (Å²) in [7, 11) is -3.96. The quantitative estimate of drug-likeness (QED) is 0.774. The highest BCUT2D eigenvalue weighted by Gasteiger charge is 2.33. The number of amides is 1. The zero-order valence-corrected chi connectivity index (χ0v) is 15.6. The number of primary amides is 1. The number of sulfonamides is 1. The Morgan fingerprint density at radius 1 is 1.31 bits per heavy atom. The third-order valence-corrected chi connectivity index (χ3v) is 5.99. The van der Waals surface area contributed by atoms with Crippen LogP contribution < -0.4 is 10.6 Å². The van der Waals surface area contributed by atoms with Gasteiger partial charge >= 0.3 is 5.97 Å². The van der Waals surface area contributed by atoms with Crippen LogP contribution in [0.1, 0.15) is 43.0 Å². The minimum absolute atomic E-state index is 0.0334. The summed E-state index contributed by atoms with van der Waals surface area (Å²) in [6.07, 6.45) is 2.14. The number of anilines is 1. The number of carbonyl (C=O) groups is 2. The van der Waals surface area contributed by atoms with Crippen molar-refractivity contribution in [3.05, 3.63) is 22.7 Å². The third-order valence-electron chi connectivity index (χ3n) is 4.34. The molecule has 26 heavy (non-hydrogen) atoms. The van der Waals surface area contributed by atoms with Crippen LogP contribution in [-0.2, 0) is 19.6 Å². The third kappa shape index (κ3) is 3.41. The van der Waals surface area contributed by atoms with E-state index in [1.807, 2.05) is 4.90 Å². The van der Waals surface area contributed by atoms with E-state index in [1.54, 1.807) is 0 Å². The molecule has 2 aliphatic rings. The zero-order valence-electron chi connectivity index (χ0n) is 14.1. The Morgan fingerprint density at radius 2 is 2.04 bits per heavy atom. The van der Waals surface area contributed by atoms with E-state index in [4.69, 9.17) is 22.1 Å². The molecular weight excluding hydrogens is 382 g/mol. The summed E-state index contributed by atoms with van der Waals surface area (Å²) in [6, 6.07) is 2.58. The van der Waals surface area contributed by atoms with Gasteiger partial charge in [-0.15, -0.1) is 4.40 Å². The first-order chi connectivity index (χ1) is 12.2. The average Bonchev–Trinajstić information content (AvgIpc) is 2.78. The highest BCUT2D eigenvalue weighted by molar-refractivity contribution is 7.90. The van der Waals surface area contributed by atoms with Crippen molar-refractivity contribution in [1.29, 1.82) is 0 Å². The number of hydrogen-bond acceptors (Lipinski definition) is 6. The first kappa shape index (κ1) is 18.7. The molecule has 2 aliphatic heterocycles. The van der Waals surface area contributed by atoms with Gasteiger partial charge in [0.15, 0.2) is 6.10 Å². The van der Waals surface area contributed by atoms with Gasteiger partial charge in [0.05, 0.1) is 16.3 Å². The normalized spacial score (nSPS) is 19.5. The van der Waals surface area contributed by atoms with Crippen LogP contribution in [0.2, 0.25) is 5.02 Å². The van der Waals surface area contributed by atoms with Crippen LogP contribution in [0.5, 0.6) is 0 Å². The first-order valence-corrected chi connectivity index (χ1v) is 9.98. The van der Waals surface area contributed by atoms with Gasteiger partial charge in [0.25, 0.3) is 15.9 Å². The van der Waals surface area contributed by atoms with Crippen molar-refractivity contribution in [2.75, 3.05) is 11.4 Å². The number of benzene rings is 1. The Hall–Kier alpha value is -2.13. The van der Waals surface area contributed by atoms with Gasteiger partial charge < -0.3 is 15.4 Å². The van der Waals surface area contributed by atoms with Gasteiger partial charge in [-0.3, -0.25) is 4.79 Å². The van der Waals surface area contributed by atoms with Gasteiger partial charge in [0, 0.05) is 13.0 Å². The Labute approximate surface area is 156 Å². The predicted molar refractivity (Wildman–Crippen MR) is 96.0 cm³/mol. The van der Waals surface area contributed by atoms with E-state index in [0.717, 1.165) is 25.3 Å². The van der Waals surface area contributed by atoms with E-state index in [-0.39, 0.29) is 15.5 Å². The Bertz CT molecular complexity index is 913. The molecule has 140 valence electrons. The number of esters is 1. The number of nitrogens with zero attached hydrogens (tertiary/aromatic N) is 2. The van der Waals surface area contributed by atoms with Crippen LogP contribution in [0, 0.1) is 0 Å². The van der Waals surface area contributed by atoms with Crippen molar-refractivity contribution in [1.82, 2.24) is 0 Å². The van der Waals surface area contributed by atoms with Crippen molar-refractivity contribution in [3.8, 4) is 0 Å². The van der Waals surface area contributed by atoms with Crippen LogP contribution in [0.25, 0.3) is 0 Å². The number of hydrogen-bond donors (Lipinski definition) is 1. The van der Waals surface area contributed by atoms with Gasteiger partial charge in [0.1, 0.15) is 10.7 Å². The van der Waals surface area contributed by atoms with Crippen molar-refractivity contribution in [2.24, 2.45) is 10.1 Å². The summed E-state index contributed by atoms with van der Waals surface area (Å²) in [4.78, 5) is 25.0. The summed E-state index contributed by atoms with van der Waals surface area (Å²) in [6.45, 7) is 1.94. The van der Waals surface area contributed by atoms with E-state index in [0.29, 0.717) is 24.5 Å². The maximum atomic E-state index is 12.6. The predicted octanol–water partition coefficient (Wildman–Crippen LogP) is 1.85. The fraction of sp³-hybridized carbons (Fsp3) is 0.438. The SMILES string of the molecule is C[C@@H](OC(=O)c1cc2c(cc1Cl)N1CCCCCC1=NS2(=O)=O)C(N)=O. The lowest BCUT2D eigenvalue weighted by Gasteiger charge is -2.30. The molecule has 2 N–H and O–H groups in total. The van der Waals surface area contributed by atoms with Crippen molar-refractivity contribution >= 4 is 45.0 Å². The molecule has 3 rings (SSSR count). The van der Waals surface area contributed by atoms with E-state index in [1.165, 1.54) is 13.0 Å². The molecule has 10 heteroatoms. The molecule has 0 aliphatic carbocycles. The van der Waals surface area contributed by atoms with E-state index in [2.05, 4.69) is 4.40 Å². The first-order valence-electron chi connectivity index (χ1n) is 8.16. The summed E-state index contributed by atoms with van der Waals surface area (Å²) in [5.41, 5.74) is 5.32. The average molecular weight is 400 g/mol. The fourth-order valence-electron chi connectivity index (χ4n) is 2.94. The van der Waals surface area contributed by atoms with Crippen molar-refractivity contribution in [3.63, 3.8) is 0 Å². The van der Waals surface area contributed by atoms with Crippen LogP contribution in [0.15, 0.2) is 21.4 Å². The maximum Gasteiger partial charge on any atom is 0.340 e. The molecule has 8 nitrogen and oxygen atoms in total. The summed E-state index contributed by atoms with van der Waals surface area (Å²) < 4.78 is 34.0. The van der Waals surface area contributed by atoms with Crippen LogP contribution in [0.4, 0.5) is 5.69 Å². The number of halogens is 1. The van der Waals surface area contributed by atoms with Crippen LogP contribution in [-0.4, -0.2) is 38.8 Å². The molecule has 0 bridgehead atoms. The number of amidine groups is 1. The van der Waals surface area contributed by atoms with Crippen LogP contribution in [0.3, 0.4) is 0 Å². The van der Waals surface area contributed by atoms with Gasteiger partial charge in [-0.25, -0.2) is 4.79 Å². The highest BCUT2D eigenvalue weighted by Crippen LogP contribution is 2.38. The molecule has 1 fully saturated rings. The molecule has 1 aromatic rings. The molecular formula is C16H18ClN3O5S. The minimum atomic E-state index is -3.96. The second kappa shape index (κ2) is 6.88. The largest absolute Gasteiger partial charge is 0.449 e. The monoisotopic (exact) mass is 399 g/mol. The van der Waals surface area contributed by atoms with E-state index >= 15 is 0 Å². The summed E-state index contributed by atoms with van der Waals surface area (Å²) >= 11 is 6.21. The maximum absolute atomic E-state index is 12.6. The van der Waals surface area contributed by atoms with Gasteiger partial charge in [-0.1, -0.05) is 18.0 Å². The molecule has 0 unspecified atom stereocenters. The highest BCUT2D eigenvalue weighted by atomic mass is 35.5. The van der Waals surface area contributed by atoms with Gasteiger partial charge in [0.2, 0.25) is 0 Å². The smallest absolute Gasteiger partial charge is 0.340 e. The lowest BCUT2D eigenvalue weighted by atomic mass is 10.1. The van der Waals surface area contributed by atoms with Crippen molar-refractivity contribution < 1.29 is 22.7 Å². The number of carbonyl (C=O) groups excluding carboxylic acids is 2. The standard InChI is InChI=1S/C16H18ClN3O5S/c1-9(15(18)21)25-16(22)10-7-13-12(8-11(10)17)20-6-4-2-3-5-14(20)19-26(13,23)24/h7-9H,2-6H2,1H3,(H2,18,21)/t9-/m1/s1. The number of rotatable bonds is 3. The topological polar surface area (TPSA) is 119 Å². The number of nitrogens with two attached hydrogens (primary N) is 1. The Balaban J connectivity index is 2.06. The van der Waals surface area contributed by atoms with Gasteiger partial charge in [-0.2, -0.15) is 8.42 Å². The zero-order chi connectivity index (χ0) is 19.1. The molecule has 1 aromatic carbocycles. The molecule has 2 heterocycles. The Morgan fingerprint density at radius 3 is 2.73 bits per heavy atom. The van der Waals surface area contributed by atoms with E-state index < -0.39 is 28.0 Å². The molecule has 1 saturated heterocycles. The molecule has 0 spiro atoms. The van der Waals surface area contributed by atoms with Crippen molar-refractivity contribution in [2.45, 2.75) is 43.6 Å². The second-order valence-corrected chi connectivity index (χ2v) is 8.17.